The minimum atomic E-state index is -0.175. The molecule has 2 aliphatic rings. The fraction of sp³-hybridized carbons (Fsp3) is 0.360. The average Bonchev–Trinajstić information content (AvgIpc) is 3.35. The summed E-state index contributed by atoms with van der Waals surface area (Å²) in [5, 5.41) is 0.632. The molecule has 1 saturated heterocycles. The molecule has 0 saturated carbocycles. The van der Waals surface area contributed by atoms with Gasteiger partial charge in [-0.1, -0.05) is 30.3 Å². The molecule has 2 atom stereocenters. The van der Waals surface area contributed by atoms with Crippen LogP contribution in [0.1, 0.15) is 53.9 Å². The van der Waals surface area contributed by atoms with Crippen LogP contribution in [0.2, 0.25) is 0 Å². The fourth-order valence-electron chi connectivity index (χ4n) is 5.05. The molecule has 0 radical (unpaired) electrons. The standard InChI is InChI=1S/C25H27N5O2/c1-15-7-8-16(2)30(15)22(31)12-17-9-10-21-20(11-17)23(28-25(26)27-21)24(32)29-13-18-5-3-4-6-19(18)14-29/h3-6,9-11,15-16H,7-8,12-14H2,1-2H3,(H2,26,27,28). The smallest absolute Gasteiger partial charge is 0.273 e. The van der Waals surface area contributed by atoms with Crippen molar-refractivity contribution in [2.45, 2.75) is 58.3 Å². The van der Waals surface area contributed by atoms with E-state index in [9.17, 15) is 9.59 Å². The number of rotatable bonds is 3. The molecule has 1 fully saturated rings. The normalized spacial score (nSPS) is 20.1. The summed E-state index contributed by atoms with van der Waals surface area (Å²) < 4.78 is 0. The molecule has 2 amide bonds. The van der Waals surface area contributed by atoms with E-state index >= 15 is 0 Å². The first-order valence-corrected chi connectivity index (χ1v) is 11.1. The lowest BCUT2D eigenvalue weighted by atomic mass is 10.1. The topological polar surface area (TPSA) is 92.4 Å². The zero-order chi connectivity index (χ0) is 22.4. The predicted octanol–water partition coefficient (Wildman–Crippen LogP) is 3.31. The number of hydrogen-bond acceptors (Lipinski definition) is 5. The van der Waals surface area contributed by atoms with Crippen LogP contribution in [0.3, 0.4) is 0 Å². The van der Waals surface area contributed by atoms with Crippen molar-refractivity contribution in [3.63, 3.8) is 0 Å². The zero-order valence-electron chi connectivity index (χ0n) is 18.4. The maximum absolute atomic E-state index is 13.4. The number of fused-ring (bicyclic) bond motifs is 2. The Balaban J connectivity index is 1.45. The number of benzene rings is 2. The quantitative estimate of drug-likeness (QED) is 0.690. The van der Waals surface area contributed by atoms with Crippen molar-refractivity contribution in [2.24, 2.45) is 0 Å². The van der Waals surface area contributed by atoms with E-state index in [1.165, 1.54) is 0 Å². The van der Waals surface area contributed by atoms with Gasteiger partial charge in [0.25, 0.3) is 5.91 Å². The van der Waals surface area contributed by atoms with Gasteiger partial charge in [0.15, 0.2) is 0 Å². The summed E-state index contributed by atoms with van der Waals surface area (Å²) in [6.07, 6.45) is 2.36. The number of amides is 2. The first kappa shape index (κ1) is 20.4. The average molecular weight is 430 g/mol. The molecule has 0 bridgehead atoms. The van der Waals surface area contributed by atoms with E-state index in [-0.39, 0.29) is 42.0 Å². The molecular formula is C25H27N5O2. The highest BCUT2D eigenvalue weighted by Crippen LogP contribution is 2.28. The fourth-order valence-corrected chi connectivity index (χ4v) is 5.05. The summed E-state index contributed by atoms with van der Waals surface area (Å²) in [7, 11) is 0. The van der Waals surface area contributed by atoms with E-state index in [4.69, 9.17) is 5.73 Å². The second-order valence-electron chi connectivity index (χ2n) is 8.97. The second-order valence-corrected chi connectivity index (χ2v) is 8.97. The van der Waals surface area contributed by atoms with Crippen LogP contribution in [0.4, 0.5) is 5.95 Å². The van der Waals surface area contributed by atoms with Gasteiger partial charge < -0.3 is 15.5 Å². The Kier molecular flexibility index (Phi) is 5.04. The summed E-state index contributed by atoms with van der Waals surface area (Å²) in [6.45, 7) is 5.29. The summed E-state index contributed by atoms with van der Waals surface area (Å²) in [6, 6.07) is 14.1. The number of nitrogens with two attached hydrogens (primary N) is 1. The Morgan fingerprint density at radius 1 is 1.00 bits per heavy atom. The highest BCUT2D eigenvalue weighted by atomic mass is 16.2. The lowest BCUT2D eigenvalue weighted by Crippen LogP contribution is -2.39. The SMILES string of the molecule is CC1CCC(C)N1C(=O)Cc1ccc2nc(N)nc(C(=O)N3Cc4ccccc4C3)c2c1. The van der Waals surface area contributed by atoms with Crippen molar-refractivity contribution >= 4 is 28.7 Å². The molecule has 2 aromatic carbocycles. The van der Waals surface area contributed by atoms with Crippen LogP contribution in [-0.2, 0) is 24.3 Å². The van der Waals surface area contributed by atoms with Crippen molar-refractivity contribution in [1.82, 2.24) is 19.8 Å². The molecule has 3 heterocycles. The number of likely N-dealkylation sites (tertiary alicyclic amines) is 1. The second kappa shape index (κ2) is 7.89. The van der Waals surface area contributed by atoms with E-state index in [1.54, 1.807) is 4.90 Å². The predicted molar refractivity (Wildman–Crippen MR) is 123 cm³/mol. The molecule has 5 rings (SSSR count). The van der Waals surface area contributed by atoms with Crippen LogP contribution in [0.15, 0.2) is 42.5 Å². The number of carbonyl (C=O) groups is 2. The molecule has 7 nitrogen and oxygen atoms in total. The van der Waals surface area contributed by atoms with Crippen LogP contribution in [-0.4, -0.2) is 43.7 Å². The van der Waals surface area contributed by atoms with E-state index < -0.39 is 0 Å². The Bertz CT molecular complexity index is 1190. The Labute approximate surface area is 187 Å². The number of nitrogen functional groups attached to an aromatic ring is 1. The van der Waals surface area contributed by atoms with Gasteiger partial charge in [-0.25, -0.2) is 9.97 Å². The minimum Gasteiger partial charge on any atom is -0.368 e. The third kappa shape index (κ3) is 3.57. The highest BCUT2D eigenvalue weighted by molar-refractivity contribution is 6.05. The monoisotopic (exact) mass is 429 g/mol. The first-order chi connectivity index (χ1) is 15.4. The van der Waals surface area contributed by atoms with Gasteiger partial charge in [-0.2, -0.15) is 0 Å². The van der Waals surface area contributed by atoms with E-state index in [0.717, 1.165) is 29.5 Å². The molecule has 32 heavy (non-hydrogen) atoms. The summed E-state index contributed by atoms with van der Waals surface area (Å²) >= 11 is 0. The number of nitrogens with zero attached hydrogens (tertiary/aromatic N) is 4. The van der Waals surface area contributed by atoms with Crippen molar-refractivity contribution in [3.05, 3.63) is 64.8 Å². The maximum Gasteiger partial charge on any atom is 0.273 e. The molecule has 3 aromatic rings. The van der Waals surface area contributed by atoms with Gasteiger partial charge in [0, 0.05) is 30.6 Å². The van der Waals surface area contributed by atoms with Crippen molar-refractivity contribution in [2.75, 3.05) is 5.73 Å². The van der Waals surface area contributed by atoms with Crippen LogP contribution >= 0.6 is 0 Å². The Morgan fingerprint density at radius 2 is 1.66 bits per heavy atom. The minimum absolute atomic E-state index is 0.0705. The van der Waals surface area contributed by atoms with Gasteiger partial charge in [0.05, 0.1) is 11.9 Å². The molecule has 2 aliphatic heterocycles. The Hall–Kier alpha value is -3.48. The van der Waals surface area contributed by atoms with Gasteiger partial charge >= 0.3 is 0 Å². The van der Waals surface area contributed by atoms with Crippen molar-refractivity contribution in [3.8, 4) is 0 Å². The number of carbonyl (C=O) groups excluding carboxylic acids is 2. The third-order valence-electron chi connectivity index (χ3n) is 6.70. The van der Waals surface area contributed by atoms with Crippen molar-refractivity contribution in [1.29, 1.82) is 0 Å². The lowest BCUT2D eigenvalue weighted by Gasteiger charge is -2.26. The highest BCUT2D eigenvalue weighted by Gasteiger charge is 2.31. The van der Waals surface area contributed by atoms with Gasteiger partial charge in [-0.05, 0) is 55.5 Å². The van der Waals surface area contributed by atoms with Gasteiger partial charge in [0.1, 0.15) is 5.69 Å². The van der Waals surface area contributed by atoms with Gasteiger partial charge in [-0.15, -0.1) is 0 Å². The van der Waals surface area contributed by atoms with Gasteiger partial charge in [-0.3, -0.25) is 9.59 Å². The lowest BCUT2D eigenvalue weighted by molar-refractivity contribution is -0.132. The molecule has 0 spiro atoms. The molecule has 164 valence electrons. The molecule has 2 N–H and O–H groups in total. The van der Waals surface area contributed by atoms with E-state index in [0.29, 0.717) is 24.0 Å². The number of hydrogen-bond donors (Lipinski definition) is 1. The molecule has 0 aliphatic carbocycles. The number of aromatic nitrogens is 2. The third-order valence-corrected chi connectivity index (χ3v) is 6.70. The molecule has 2 unspecified atom stereocenters. The zero-order valence-corrected chi connectivity index (χ0v) is 18.4. The van der Waals surface area contributed by atoms with Crippen molar-refractivity contribution < 1.29 is 9.59 Å². The molecule has 1 aromatic heterocycles. The van der Waals surface area contributed by atoms with Crippen LogP contribution in [0.5, 0.6) is 0 Å². The van der Waals surface area contributed by atoms with E-state index in [2.05, 4.69) is 23.8 Å². The molecule has 7 heteroatoms. The summed E-state index contributed by atoms with van der Waals surface area (Å²) in [4.78, 5) is 38.8. The largest absolute Gasteiger partial charge is 0.368 e. The first-order valence-electron chi connectivity index (χ1n) is 11.1. The Morgan fingerprint density at radius 3 is 2.31 bits per heavy atom. The summed E-state index contributed by atoms with van der Waals surface area (Å²) in [5.41, 5.74) is 9.96. The summed E-state index contributed by atoms with van der Waals surface area (Å²) in [5.74, 6) is 0.00718. The maximum atomic E-state index is 13.4. The van der Waals surface area contributed by atoms with Crippen LogP contribution in [0, 0.1) is 0 Å². The van der Waals surface area contributed by atoms with Crippen LogP contribution in [0.25, 0.3) is 10.9 Å². The van der Waals surface area contributed by atoms with E-state index in [1.807, 2.05) is 47.4 Å². The van der Waals surface area contributed by atoms with Gasteiger partial charge in [0.2, 0.25) is 11.9 Å². The molecular weight excluding hydrogens is 402 g/mol. The van der Waals surface area contributed by atoms with Crippen LogP contribution < -0.4 is 5.73 Å². The number of anilines is 1.